The van der Waals surface area contributed by atoms with Gasteiger partial charge in [0.05, 0.1) is 4.92 Å². The highest BCUT2D eigenvalue weighted by Crippen LogP contribution is 2.33. The number of nitro benzene ring substituents is 1. The topological polar surface area (TPSA) is 72.7 Å². The van der Waals surface area contributed by atoms with Crippen molar-refractivity contribution >= 4 is 11.7 Å². The van der Waals surface area contributed by atoms with Crippen molar-refractivity contribution in [2.24, 2.45) is 5.92 Å². The number of nitro groups is 1. The van der Waals surface area contributed by atoms with Crippen LogP contribution in [0, 0.1) is 16.0 Å². The van der Waals surface area contributed by atoms with Crippen LogP contribution in [0.2, 0.25) is 0 Å². The molecule has 2 aliphatic rings. The van der Waals surface area contributed by atoms with E-state index in [9.17, 15) is 14.9 Å². The molecule has 0 spiro atoms. The molecule has 1 aromatic carbocycles. The van der Waals surface area contributed by atoms with E-state index in [2.05, 4.69) is 11.0 Å². The first-order chi connectivity index (χ1) is 12.0. The van der Waals surface area contributed by atoms with Crippen LogP contribution in [-0.4, -0.2) is 35.4 Å². The van der Waals surface area contributed by atoms with Gasteiger partial charge in [-0.3, -0.25) is 19.8 Å². The highest BCUT2D eigenvalue weighted by atomic mass is 16.6. The minimum absolute atomic E-state index is 0.0170. The Kier molecular flexibility index (Phi) is 5.48. The Labute approximate surface area is 147 Å². The third-order valence-electron chi connectivity index (χ3n) is 5.07. The lowest BCUT2D eigenvalue weighted by Crippen LogP contribution is -2.39. The molecule has 1 heterocycles. The third-order valence-corrected chi connectivity index (χ3v) is 5.07. The van der Waals surface area contributed by atoms with Crippen LogP contribution in [0.5, 0.6) is 0 Å². The summed E-state index contributed by atoms with van der Waals surface area (Å²) in [4.78, 5) is 24.4. The summed E-state index contributed by atoms with van der Waals surface area (Å²) in [5.41, 5.74) is 2.19. The van der Waals surface area contributed by atoms with Gasteiger partial charge >= 0.3 is 5.97 Å². The molecular formula is C19H24N2O4. The molecule has 1 aliphatic carbocycles. The van der Waals surface area contributed by atoms with Crippen LogP contribution in [0.4, 0.5) is 5.69 Å². The minimum atomic E-state index is -0.488. The third kappa shape index (κ3) is 4.45. The van der Waals surface area contributed by atoms with Crippen LogP contribution in [-0.2, 0) is 9.53 Å². The number of carbonyl (C=O) groups is 1. The van der Waals surface area contributed by atoms with E-state index in [1.807, 2.05) is 0 Å². The number of piperidine rings is 1. The van der Waals surface area contributed by atoms with Crippen LogP contribution in [0.1, 0.15) is 44.3 Å². The fourth-order valence-electron chi connectivity index (χ4n) is 3.84. The summed E-state index contributed by atoms with van der Waals surface area (Å²) >= 11 is 0. The zero-order chi connectivity index (χ0) is 17.8. The Morgan fingerprint density at radius 2 is 2.28 bits per heavy atom. The lowest BCUT2D eigenvalue weighted by atomic mass is 9.82. The molecule has 6 heteroatoms. The number of hydrogen-bond acceptors (Lipinski definition) is 5. The van der Waals surface area contributed by atoms with Gasteiger partial charge in [0.15, 0.2) is 0 Å². The maximum Gasteiger partial charge on any atom is 0.303 e. The number of esters is 1. The molecule has 0 N–H and O–H groups in total. The Balaban J connectivity index is 1.75. The number of rotatable bonds is 5. The molecule has 0 bridgehead atoms. The van der Waals surface area contributed by atoms with Crippen molar-refractivity contribution in [1.29, 1.82) is 0 Å². The SMILES string of the molecule is CC(=O)OC(CN1CC[C@H]2CCCC=C2C1)c1cccc([N+](=O)[O-])c1. The quantitative estimate of drug-likeness (QED) is 0.353. The van der Waals surface area contributed by atoms with Crippen molar-refractivity contribution in [3.8, 4) is 0 Å². The molecule has 2 atom stereocenters. The molecule has 134 valence electrons. The first kappa shape index (κ1) is 17.6. The van der Waals surface area contributed by atoms with E-state index in [1.54, 1.807) is 12.1 Å². The summed E-state index contributed by atoms with van der Waals surface area (Å²) < 4.78 is 5.49. The summed E-state index contributed by atoms with van der Waals surface area (Å²) in [5, 5.41) is 11.0. The zero-order valence-corrected chi connectivity index (χ0v) is 14.5. The van der Waals surface area contributed by atoms with Crippen molar-refractivity contribution < 1.29 is 14.5 Å². The number of fused-ring (bicyclic) bond motifs is 1. The largest absolute Gasteiger partial charge is 0.456 e. The van der Waals surface area contributed by atoms with Gasteiger partial charge in [-0.1, -0.05) is 23.8 Å². The lowest BCUT2D eigenvalue weighted by Gasteiger charge is -2.37. The number of non-ortho nitro benzene ring substituents is 1. The Morgan fingerprint density at radius 3 is 3.04 bits per heavy atom. The summed E-state index contributed by atoms with van der Waals surface area (Å²) in [7, 11) is 0. The van der Waals surface area contributed by atoms with E-state index >= 15 is 0 Å². The highest BCUT2D eigenvalue weighted by Gasteiger charge is 2.28. The smallest absolute Gasteiger partial charge is 0.303 e. The van der Waals surface area contributed by atoms with Crippen molar-refractivity contribution in [2.45, 2.75) is 38.7 Å². The van der Waals surface area contributed by atoms with E-state index in [0.717, 1.165) is 25.9 Å². The Morgan fingerprint density at radius 1 is 1.44 bits per heavy atom. The van der Waals surface area contributed by atoms with Gasteiger partial charge in [-0.05, 0) is 38.1 Å². The lowest BCUT2D eigenvalue weighted by molar-refractivity contribution is -0.385. The van der Waals surface area contributed by atoms with Crippen LogP contribution in [0.15, 0.2) is 35.9 Å². The van der Waals surface area contributed by atoms with Gasteiger partial charge in [-0.15, -0.1) is 0 Å². The number of benzene rings is 1. The van der Waals surface area contributed by atoms with Crippen LogP contribution < -0.4 is 0 Å². The first-order valence-corrected chi connectivity index (χ1v) is 8.86. The molecule has 1 aromatic rings. The molecule has 1 fully saturated rings. The van der Waals surface area contributed by atoms with Gasteiger partial charge < -0.3 is 4.74 Å². The normalized spacial score (nSPS) is 21.8. The maximum absolute atomic E-state index is 11.5. The van der Waals surface area contributed by atoms with Crippen molar-refractivity contribution in [1.82, 2.24) is 4.90 Å². The number of nitrogens with zero attached hydrogens (tertiary/aromatic N) is 2. The molecule has 0 saturated carbocycles. The van der Waals surface area contributed by atoms with Gasteiger partial charge in [0.25, 0.3) is 5.69 Å². The highest BCUT2D eigenvalue weighted by molar-refractivity contribution is 5.66. The predicted molar refractivity (Wildman–Crippen MR) is 94.1 cm³/mol. The molecule has 25 heavy (non-hydrogen) atoms. The van der Waals surface area contributed by atoms with Crippen LogP contribution in [0.25, 0.3) is 0 Å². The number of carbonyl (C=O) groups excluding carboxylic acids is 1. The molecular weight excluding hydrogens is 320 g/mol. The minimum Gasteiger partial charge on any atom is -0.456 e. The van der Waals surface area contributed by atoms with Crippen molar-refractivity contribution in [3.63, 3.8) is 0 Å². The molecule has 0 aromatic heterocycles. The zero-order valence-electron chi connectivity index (χ0n) is 14.5. The second kappa shape index (κ2) is 7.78. The average Bonchev–Trinajstić information content (AvgIpc) is 2.61. The molecule has 1 saturated heterocycles. The van der Waals surface area contributed by atoms with E-state index in [4.69, 9.17) is 4.74 Å². The Hall–Kier alpha value is -2.21. The van der Waals surface area contributed by atoms with Gasteiger partial charge in [0.2, 0.25) is 0 Å². The van der Waals surface area contributed by atoms with E-state index in [-0.39, 0.29) is 11.7 Å². The molecule has 1 aliphatic heterocycles. The first-order valence-electron chi connectivity index (χ1n) is 8.86. The van der Waals surface area contributed by atoms with E-state index < -0.39 is 11.0 Å². The van der Waals surface area contributed by atoms with E-state index in [0.29, 0.717) is 18.0 Å². The van der Waals surface area contributed by atoms with Gasteiger partial charge in [0, 0.05) is 37.7 Å². The fraction of sp³-hybridized carbons (Fsp3) is 0.526. The second-order valence-corrected chi connectivity index (χ2v) is 6.88. The van der Waals surface area contributed by atoms with Gasteiger partial charge in [-0.25, -0.2) is 0 Å². The summed E-state index contributed by atoms with van der Waals surface area (Å²) in [6.07, 6.45) is 6.70. The molecule has 1 unspecified atom stereocenters. The number of hydrogen-bond donors (Lipinski definition) is 0. The standard InChI is InChI=1S/C19H24N2O4/c1-14(22)25-19(16-7-4-8-18(11-16)21(23)24)13-20-10-9-15-5-2-3-6-17(15)12-20/h4,6-8,11,15,19H,2-3,5,9-10,12-13H2,1H3/t15-,19?/m1/s1. The molecule has 0 amide bonds. The average molecular weight is 344 g/mol. The molecule has 0 radical (unpaired) electrons. The number of allylic oxidation sites excluding steroid dienone is 1. The van der Waals surface area contributed by atoms with Crippen LogP contribution in [0.3, 0.4) is 0 Å². The second-order valence-electron chi connectivity index (χ2n) is 6.88. The molecule has 6 nitrogen and oxygen atoms in total. The Bertz CT molecular complexity index is 686. The number of ether oxygens (including phenoxy) is 1. The fourth-order valence-corrected chi connectivity index (χ4v) is 3.84. The predicted octanol–water partition coefficient (Wildman–Crippen LogP) is 3.63. The van der Waals surface area contributed by atoms with E-state index in [1.165, 1.54) is 37.5 Å². The number of likely N-dealkylation sites (tertiary alicyclic amines) is 1. The van der Waals surface area contributed by atoms with Crippen LogP contribution >= 0.6 is 0 Å². The monoisotopic (exact) mass is 344 g/mol. The summed E-state index contributed by atoms with van der Waals surface area (Å²) in [6.45, 7) is 3.80. The summed E-state index contributed by atoms with van der Waals surface area (Å²) in [5.74, 6) is 0.332. The summed E-state index contributed by atoms with van der Waals surface area (Å²) in [6, 6.07) is 6.37. The van der Waals surface area contributed by atoms with Gasteiger partial charge in [-0.2, -0.15) is 0 Å². The molecule has 3 rings (SSSR count). The van der Waals surface area contributed by atoms with Crippen molar-refractivity contribution in [2.75, 3.05) is 19.6 Å². The maximum atomic E-state index is 11.5. The van der Waals surface area contributed by atoms with Crippen molar-refractivity contribution in [3.05, 3.63) is 51.6 Å². The van der Waals surface area contributed by atoms with Gasteiger partial charge in [0.1, 0.15) is 6.10 Å².